The Balaban J connectivity index is 2.44. The molecule has 0 aliphatic heterocycles. The van der Waals surface area contributed by atoms with Crippen LogP contribution in [0.15, 0.2) is 18.3 Å². The third-order valence-electron chi connectivity index (χ3n) is 1.93. The molecule has 0 saturated heterocycles. The molecule has 0 radical (unpaired) electrons. The zero-order valence-electron chi connectivity index (χ0n) is 9.10. The van der Waals surface area contributed by atoms with E-state index in [2.05, 4.69) is 4.98 Å². The zero-order chi connectivity index (χ0) is 11.3. The Morgan fingerprint density at radius 2 is 2.20 bits per heavy atom. The summed E-state index contributed by atoms with van der Waals surface area (Å²) in [6.45, 7) is 3.82. The normalized spacial score (nSPS) is 11.5. The first-order valence-electron chi connectivity index (χ1n) is 4.92. The van der Waals surface area contributed by atoms with E-state index < -0.39 is 5.60 Å². The van der Waals surface area contributed by atoms with Crippen molar-refractivity contribution in [1.82, 2.24) is 4.98 Å². The Bertz CT molecular complexity index is 307. The molecule has 0 aromatic carbocycles. The lowest BCUT2D eigenvalue weighted by molar-refractivity contribution is 0.0553. The van der Waals surface area contributed by atoms with Gasteiger partial charge < -0.3 is 14.9 Å². The lowest BCUT2D eigenvalue weighted by atomic mass is 10.1. The van der Waals surface area contributed by atoms with Crippen molar-refractivity contribution in [2.45, 2.75) is 32.5 Å². The van der Waals surface area contributed by atoms with Gasteiger partial charge in [0, 0.05) is 18.7 Å². The molecule has 0 unspecified atom stereocenters. The average Bonchev–Trinajstić information content (AvgIpc) is 2.16. The van der Waals surface area contributed by atoms with Crippen molar-refractivity contribution in [3.05, 3.63) is 24.0 Å². The van der Waals surface area contributed by atoms with E-state index in [1.54, 1.807) is 32.2 Å². The molecule has 1 aromatic heterocycles. The molecule has 0 fully saturated rings. The molecule has 1 rings (SSSR count). The van der Waals surface area contributed by atoms with E-state index in [4.69, 9.17) is 9.84 Å². The molecule has 0 aliphatic rings. The third-order valence-corrected chi connectivity index (χ3v) is 1.93. The minimum absolute atomic E-state index is 0.0946. The SMILES string of the molecule is CC(C)(O)CCOc1ccnc(CO)c1. The molecule has 0 aliphatic carbocycles. The second-order valence-corrected chi connectivity index (χ2v) is 4.05. The fourth-order valence-electron chi connectivity index (χ4n) is 1.05. The monoisotopic (exact) mass is 211 g/mol. The van der Waals surface area contributed by atoms with Crippen LogP contribution < -0.4 is 4.74 Å². The number of hydrogen-bond donors (Lipinski definition) is 2. The molecular formula is C11H17NO3. The molecule has 0 saturated carbocycles. The van der Waals surface area contributed by atoms with Gasteiger partial charge in [0.15, 0.2) is 0 Å². The minimum Gasteiger partial charge on any atom is -0.493 e. The molecule has 0 spiro atoms. The maximum atomic E-state index is 9.46. The molecule has 4 nitrogen and oxygen atoms in total. The van der Waals surface area contributed by atoms with Gasteiger partial charge in [-0.05, 0) is 19.9 Å². The van der Waals surface area contributed by atoms with Gasteiger partial charge in [0.25, 0.3) is 0 Å². The second-order valence-electron chi connectivity index (χ2n) is 4.05. The van der Waals surface area contributed by atoms with Crippen LogP contribution in [-0.2, 0) is 6.61 Å². The smallest absolute Gasteiger partial charge is 0.122 e. The molecule has 15 heavy (non-hydrogen) atoms. The van der Waals surface area contributed by atoms with Crippen molar-refractivity contribution in [3.63, 3.8) is 0 Å². The van der Waals surface area contributed by atoms with Gasteiger partial charge >= 0.3 is 0 Å². The van der Waals surface area contributed by atoms with Crippen molar-refractivity contribution in [2.75, 3.05) is 6.61 Å². The van der Waals surface area contributed by atoms with Gasteiger partial charge in [-0.15, -0.1) is 0 Å². The van der Waals surface area contributed by atoms with E-state index in [1.165, 1.54) is 0 Å². The largest absolute Gasteiger partial charge is 0.493 e. The highest BCUT2D eigenvalue weighted by Gasteiger charge is 2.12. The van der Waals surface area contributed by atoms with E-state index in [0.29, 0.717) is 24.5 Å². The summed E-state index contributed by atoms with van der Waals surface area (Å²) < 4.78 is 5.41. The van der Waals surface area contributed by atoms with Crippen molar-refractivity contribution in [1.29, 1.82) is 0 Å². The second kappa shape index (κ2) is 5.09. The average molecular weight is 211 g/mol. The van der Waals surface area contributed by atoms with Crippen LogP contribution in [0.3, 0.4) is 0 Å². The van der Waals surface area contributed by atoms with E-state index >= 15 is 0 Å². The van der Waals surface area contributed by atoms with Gasteiger partial charge in [-0.1, -0.05) is 0 Å². The first-order valence-corrected chi connectivity index (χ1v) is 4.92. The van der Waals surface area contributed by atoms with Crippen LogP contribution in [-0.4, -0.2) is 27.4 Å². The Morgan fingerprint density at radius 3 is 2.80 bits per heavy atom. The first-order chi connectivity index (χ1) is 7.01. The Hall–Kier alpha value is -1.13. The summed E-state index contributed by atoms with van der Waals surface area (Å²) in [5.41, 5.74) is -0.136. The molecule has 84 valence electrons. The first kappa shape index (κ1) is 11.9. The quantitative estimate of drug-likeness (QED) is 0.766. The van der Waals surface area contributed by atoms with Gasteiger partial charge in [-0.2, -0.15) is 0 Å². The summed E-state index contributed by atoms with van der Waals surface area (Å²) in [6.07, 6.45) is 2.15. The number of ether oxygens (including phenoxy) is 1. The summed E-state index contributed by atoms with van der Waals surface area (Å²) >= 11 is 0. The molecule has 2 N–H and O–H groups in total. The van der Waals surface area contributed by atoms with Gasteiger partial charge in [-0.25, -0.2) is 0 Å². The van der Waals surface area contributed by atoms with Gasteiger partial charge in [0.1, 0.15) is 5.75 Å². The highest BCUT2D eigenvalue weighted by molar-refractivity contribution is 5.22. The van der Waals surface area contributed by atoms with Crippen molar-refractivity contribution >= 4 is 0 Å². The van der Waals surface area contributed by atoms with Crippen LogP contribution in [0.5, 0.6) is 5.75 Å². The lowest BCUT2D eigenvalue weighted by Crippen LogP contribution is -2.21. The van der Waals surface area contributed by atoms with E-state index in [0.717, 1.165) is 0 Å². The Kier molecular flexibility index (Phi) is 4.05. The van der Waals surface area contributed by atoms with Crippen LogP contribution >= 0.6 is 0 Å². The predicted molar refractivity (Wildman–Crippen MR) is 56.6 cm³/mol. The van der Waals surface area contributed by atoms with Gasteiger partial charge in [-0.3, -0.25) is 4.98 Å². The van der Waals surface area contributed by atoms with Crippen LogP contribution in [0.2, 0.25) is 0 Å². The van der Waals surface area contributed by atoms with E-state index in [-0.39, 0.29) is 6.61 Å². The fraction of sp³-hybridized carbons (Fsp3) is 0.545. The Morgan fingerprint density at radius 1 is 1.47 bits per heavy atom. The summed E-state index contributed by atoms with van der Waals surface area (Å²) in [4.78, 5) is 3.94. The zero-order valence-corrected chi connectivity index (χ0v) is 9.10. The van der Waals surface area contributed by atoms with E-state index in [9.17, 15) is 5.11 Å². The van der Waals surface area contributed by atoms with Gasteiger partial charge in [0.2, 0.25) is 0 Å². The maximum Gasteiger partial charge on any atom is 0.122 e. The molecular weight excluding hydrogens is 194 g/mol. The fourth-order valence-corrected chi connectivity index (χ4v) is 1.05. The lowest BCUT2D eigenvalue weighted by Gasteiger charge is -2.17. The van der Waals surface area contributed by atoms with Crippen LogP contribution in [0.1, 0.15) is 26.0 Å². The van der Waals surface area contributed by atoms with Gasteiger partial charge in [0.05, 0.1) is 24.5 Å². The Labute approximate surface area is 89.5 Å². The van der Waals surface area contributed by atoms with Crippen LogP contribution in [0.25, 0.3) is 0 Å². The van der Waals surface area contributed by atoms with Crippen LogP contribution in [0, 0.1) is 0 Å². The van der Waals surface area contributed by atoms with Crippen molar-refractivity contribution in [3.8, 4) is 5.75 Å². The van der Waals surface area contributed by atoms with Crippen molar-refractivity contribution in [2.24, 2.45) is 0 Å². The number of pyridine rings is 1. The van der Waals surface area contributed by atoms with Crippen molar-refractivity contribution < 1.29 is 14.9 Å². The topological polar surface area (TPSA) is 62.6 Å². The maximum absolute atomic E-state index is 9.46. The third kappa shape index (κ3) is 4.76. The summed E-state index contributed by atoms with van der Waals surface area (Å²) in [5, 5.41) is 18.3. The molecule has 0 amide bonds. The number of nitrogens with zero attached hydrogens (tertiary/aromatic N) is 1. The molecule has 0 atom stereocenters. The number of aromatic nitrogens is 1. The molecule has 1 aromatic rings. The predicted octanol–water partition coefficient (Wildman–Crippen LogP) is 1.11. The summed E-state index contributed by atoms with van der Waals surface area (Å²) in [5.74, 6) is 0.665. The highest BCUT2D eigenvalue weighted by Crippen LogP contribution is 2.13. The van der Waals surface area contributed by atoms with Crippen LogP contribution in [0.4, 0.5) is 0 Å². The minimum atomic E-state index is -0.715. The van der Waals surface area contributed by atoms with E-state index in [1.807, 2.05) is 0 Å². The highest BCUT2D eigenvalue weighted by atomic mass is 16.5. The standard InChI is InChI=1S/C11H17NO3/c1-11(2,14)4-6-15-10-3-5-12-9(7-10)8-13/h3,5,7,13-14H,4,6,8H2,1-2H3. The molecule has 1 heterocycles. The number of aliphatic hydroxyl groups excluding tert-OH is 1. The summed E-state index contributed by atoms with van der Waals surface area (Å²) in [6, 6.07) is 3.41. The number of aliphatic hydroxyl groups is 2. The molecule has 4 heteroatoms. The molecule has 0 bridgehead atoms. The number of rotatable bonds is 5. The summed E-state index contributed by atoms with van der Waals surface area (Å²) in [7, 11) is 0. The number of hydrogen-bond acceptors (Lipinski definition) is 4.